The summed E-state index contributed by atoms with van der Waals surface area (Å²) in [6.45, 7) is 5.20. The summed E-state index contributed by atoms with van der Waals surface area (Å²) in [7, 11) is 0. The summed E-state index contributed by atoms with van der Waals surface area (Å²) in [4.78, 5) is 32.8. The van der Waals surface area contributed by atoms with E-state index in [0.29, 0.717) is 5.56 Å². The molecule has 1 aliphatic rings. The fourth-order valence-electron chi connectivity index (χ4n) is 2.31. The molecule has 2 aromatic heterocycles. The molecule has 0 saturated heterocycles. The SMILES string of the molecule is CC(C)(C)OC(=O)N1Cc2cn(-c3nc(Cl)ncc3F)cc2C1=O. The van der Waals surface area contributed by atoms with Crippen LogP contribution in [0, 0.1) is 5.82 Å². The minimum atomic E-state index is -0.716. The molecule has 0 aromatic carbocycles. The summed E-state index contributed by atoms with van der Waals surface area (Å²) in [5.41, 5.74) is 0.153. The average Bonchev–Trinajstić information content (AvgIpc) is 3.00. The number of fused-ring (bicyclic) bond motifs is 1. The Morgan fingerprint density at radius 2 is 2.08 bits per heavy atom. The van der Waals surface area contributed by atoms with E-state index in [0.717, 1.165) is 11.1 Å². The number of halogens is 2. The third kappa shape index (κ3) is 2.96. The lowest BCUT2D eigenvalue weighted by molar-refractivity contribution is 0.0247. The van der Waals surface area contributed by atoms with Gasteiger partial charge in [-0.25, -0.2) is 19.1 Å². The Bertz CT molecular complexity index is 844. The van der Waals surface area contributed by atoms with Crippen LogP contribution in [-0.2, 0) is 11.3 Å². The van der Waals surface area contributed by atoms with Gasteiger partial charge in [-0.1, -0.05) is 0 Å². The van der Waals surface area contributed by atoms with E-state index >= 15 is 0 Å². The molecule has 0 N–H and O–H groups in total. The van der Waals surface area contributed by atoms with Crippen LogP contribution in [-0.4, -0.2) is 37.0 Å². The smallest absolute Gasteiger partial charge is 0.417 e. The highest BCUT2D eigenvalue weighted by Crippen LogP contribution is 2.27. The molecule has 0 fully saturated rings. The second-order valence-electron chi connectivity index (χ2n) is 6.29. The maximum Gasteiger partial charge on any atom is 0.417 e. The molecule has 2 amide bonds. The predicted molar refractivity (Wildman–Crippen MR) is 82.4 cm³/mol. The Balaban J connectivity index is 1.87. The molecular weight excluding hydrogens is 339 g/mol. The third-order valence-electron chi connectivity index (χ3n) is 3.27. The quantitative estimate of drug-likeness (QED) is 0.737. The van der Waals surface area contributed by atoms with E-state index in [1.165, 1.54) is 17.0 Å². The molecule has 0 atom stereocenters. The topological polar surface area (TPSA) is 77.3 Å². The van der Waals surface area contributed by atoms with Crippen LogP contribution in [0.3, 0.4) is 0 Å². The highest BCUT2D eigenvalue weighted by atomic mass is 35.5. The lowest BCUT2D eigenvalue weighted by Gasteiger charge is -2.23. The molecule has 7 nitrogen and oxygen atoms in total. The Hall–Kier alpha value is -2.48. The summed E-state index contributed by atoms with van der Waals surface area (Å²) >= 11 is 5.68. The number of hydrogen-bond donors (Lipinski definition) is 0. The van der Waals surface area contributed by atoms with Crippen molar-refractivity contribution in [2.24, 2.45) is 0 Å². The highest BCUT2D eigenvalue weighted by Gasteiger charge is 2.36. The van der Waals surface area contributed by atoms with Crippen LogP contribution in [0.15, 0.2) is 18.6 Å². The van der Waals surface area contributed by atoms with E-state index in [4.69, 9.17) is 16.3 Å². The number of hydrogen-bond acceptors (Lipinski definition) is 5. The van der Waals surface area contributed by atoms with Gasteiger partial charge in [0.15, 0.2) is 11.6 Å². The molecule has 24 heavy (non-hydrogen) atoms. The van der Waals surface area contributed by atoms with Crippen molar-refractivity contribution in [1.29, 1.82) is 0 Å². The Morgan fingerprint density at radius 3 is 2.71 bits per heavy atom. The van der Waals surface area contributed by atoms with Crippen molar-refractivity contribution in [1.82, 2.24) is 19.4 Å². The second-order valence-corrected chi connectivity index (χ2v) is 6.62. The van der Waals surface area contributed by atoms with Crippen molar-refractivity contribution in [3.63, 3.8) is 0 Å². The third-order valence-corrected chi connectivity index (χ3v) is 3.45. The van der Waals surface area contributed by atoms with Gasteiger partial charge in [-0.05, 0) is 32.4 Å². The predicted octanol–water partition coefficient (Wildman–Crippen LogP) is 2.95. The van der Waals surface area contributed by atoms with Crippen LogP contribution in [0.4, 0.5) is 9.18 Å². The number of amides is 2. The molecule has 0 bridgehead atoms. The number of rotatable bonds is 1. The molecule has 0 aliphatic carbocycles. The van der Waals surface area contributed by atoms with Crippen molar-refractivity contribution >= 4 is 23.6 Å². The zero-order chi connectivity index (χ0) is 17.6. The van der Waals surface area contributed by atoms with E-state index in [2.05, 4.69) is 9.97 Å². The van der Waals surface area contributed by atoms with Crippen LogP contribution in [0.5, 0.6) is 0 Å². The maximum absolute atomic E-state index is 13.8. The van der Waals surface area contributed by atoms with Crippen molar-refractivity contribution in [3.05, 3.63) is 40.8 Å². The van der Waals surface area contributed by atoms with Gasteiger partial charge in [0.2, 0.25) is 5.28 Å². The first-order chi connectivity index (χ1) is 11.2. The van der Waals surface area contributed by atoms with Gasteiger partial charge in [-0.15, -0.1) is 0 Å². The number of carbonyl (C=O) groups excluding carboxylic acids is 2. The summed E-state index contributed by atoms with van der Waals surface area (Å²) in [5.74, 6) is -1.25. The Morgan fingerprint density at radius 1 is 1.38 bits per heavy atom. The molecule has 0 radical (unpaired) electrons. The minimum Gasteiger partial charge on any atom is -0.443 e. The lowest BCUT2D eigenvalue weighted by Crippen LogP contribution is -2.37. The van der Waals surface area contributed by atoms with Crippen LogP contribution >= 0.6 is 11.6 Å². The van der Waals surface area contributed by atoms with Crippen molar-refractivity contribution in [2.75, 3.05) is 0 Å². The summed E-state index contributed by atoms with van der Waals surface area (Å²) in [6.07, 6.45) is 3.17. The molecule has 3 heterocycles. The molecule has 0 saturated carbocycles. The monoisotopic (exact) mass is 352 g/mol. The molecule has 9 heteroatoms. The second kappa shape index (κ2) is 5.55. The molecule has 0 spiro atoms. The van der Waals surface area contributed by atoms with Crippen LogP contribution in [0.1, 0.15) is 36.7 Å². The number of imide groups is 1. The van der Waals surface area contributed by atoms with Gasteiger partial charge in [0.25, 0.3) is 5.91 Å². The first kappa shape index (κ1) is 16.4. The van der Waals surface area contributed by atoms with Gasteiger partial charge in [0.1, 0.15) is 5.60 Å². The van der Waals surface area contributed by atoms with Gasteiger partial charge < -0.3 is 9.30 Å². The fraction of sp³-hybridized carbons (Fsp3) is 0.333. The number of ether oxygens (including phenoxy) is 1. The highest BCUT2D eigenvalue weighted by molar-refractivity contribution is 6.28. The maximum atomic E-state index is 13.8. The summed E-state index contributed by atoms with van der Waals surface area (Å²) in [5, 5.41) is -0.109. The van der Waals surface area contributed by atoms with E-state index in [-0.39, 0.29) is 23.2 Å². The van der Waals surface area contributed by atoms with Gasteiger partial charge >= 0.3 is 6.09 Å². The van der Waals surface area contributed by atoms with Crippen LogP contribution in [0.25, 0.3) is 5.82 Å². The minimum absolute atomic E-state index is 0.0521. The van der Waals surface area contributed by atoms with Gasteiger partial charge in [0, 0.05) is 18.0 Å². The Kier molecular flexibility index (Phi) is 3.79. The van der Waals surface area contributed by atoms with Crippen molar-refractivity contribution in [3.8, 4) is 5.82 Å². The van der Waals surface area contributed by atoms with Crippen LogP contribution in [0.2, 0.25) is 5.28 Å². The van der Waals surface area contributed by atoms with E-state index in [9.17, 15) is 14.0 Å². The van der Waals surface area contributed by atoms with Crippen molar-refractivity contribution in [2.45, 2.75) is 32.9 Å². The largest absolute Gasteiger partial charge is 0.443 e. The standard InChI is InChI=1S/C15H14ClFN4O3/c1-15(2,3)24-14(23)21-6-8-5-20(7-9(8)12(21)22)11-10(17)4-18-13(16)19-11/h4-5,7H,6H2,1-3H3. The molecule has 3 rings (SSSR count). The molecule has 2 aromatic rings. The number of carbonyl (C=O) groups is 2. The number of nitrogens with zero attached hydrogens (tertiary/aromatic N) is 4. The zero-order valence-corrected chi connectivity index (χ0v) is 14.0. The lowest BCUT2D eigenvalue weighted by atomic mass is 10.2. The molecular formula is C15H14ClFN4O3. The molecule has 0 unspecified atom stereocenters. The van der Waals surface area contributed by atoms with Crippen LogP contribution < -0.4 is 0 Å². The normalized spacial score (nSPS) is 14.0. The van der Waals surface area contributed by atoms with E-state index < -0.39 is 23.4 Å². The van der Waals surface area contributed by atoms with Gasteiger partial charge in [-0.3, -0.25) is 4.79 Å². The van der Waals surface area contributed by atoms with E-state index in [1.54, 1.807) is 20.8 Å². The fourth-order valence-corrected chi connectivity index (χ4v) is 2.44. The first-order valence-electron chi connectivity index (χ1n) is 7.10. The summed E-state index contributed by atoms with van der Waals surface area (Å²) < 4.78 is 20.4. The van der Waals surface area contributed by atoms with Crippen molar-refractivity contribution < 1.29 is 18.7 Å². The average molecular weight is 353 g/mol. The molecule has 1 aliphatic heterocycles. The zero-order valence-electron chi connectivity index (χ0n) is 13.2. The Labute approximate surface area is 142 Å². The number of aromatic nitrogens is 3. The van der Waals surface area contributed by atoms with Gasteiger partial charge in [-0.2, -0.15) is 4.98 Å². The van der Waals surface area contributed by atoms with Gasteiger partial charge in [0.05, 0.1) is 18.3 Å². The van der Waals surface area contributed by atoms with E-state index in [1.807, 2.05) is 0 Å². The molecule has 126 valence electrons. The first-order valence-corrected chi connectivity index (χ1v) is 7.47. The summed E-state index contributed by atoms with van der Waals surface area (Å²) in [6, 6.07) is 0.